The Morgan fingerprint density at radius 2 is 1.56 bits per heavy atom. The summed E-state index contributed by atoms with van der Waals surface area (Å²) in [5.41, 5.74) is 3.33. The van der Waals surface area contributed by atoms with Gasteiger partial charge in [0, 0.05) is 32.4 Å². The SMILES string of the molecule is CN(Cc1ccc(N2CCCCC2)cc1)C(=O)Cc1ccc(O)cc1. The molecule has 0 aliphatic carbocycles. The van der Waals surface area contributed by atoms with Crippen LogP contribution in [0.5, 0.6) is 5.75 Å². The summed E-state index contributed by atoms with van der Waals surface area (Å²) >= 11 is 0. The number of piperidine rings is 1. The summed E-state index contributed by atoms with van der Waals surface area (Å²) in [6, 6.07) is 15.4. The monoisotopic (exact) mass is 338 g/mol. The van der Waals surface area contributed by atoms with E-state index in [0.29, 0.717) is 13.0 Å². The van der Waals surface area contributed by atoms with Gasteiger partial charge in [0.05, 0.1) is 6.42 Å². The lowest BCUT2D eigenvalue weighted by Gasteiger charge is -2.29. The summed E-state index contributed by atoms with van der Waals surface area (Å²) in [6.07, 6.45) is 4.23. The molecule has 0 radical (unpaired) electrons. The van der Waals surface area contributed by atoms with E-state index in [0.717, 1.165) is 24.2 Å². The highest BCUT2D eigenvalue weighted by atomic mass is 16.3. The van der Waals surface area contributed by atoms with Crippen molar-refractivity contribution in [1.82, 2.24) is 4.90 Å². The van der Waals surface area contributed by atoms with Crippen molar-refractivity contribution in [3.8, 4) is 5.75 Å². The average molecular weight is 338 g/mol. The van der Waals surface area contributed by atoms with Gasteiger partial charge in [-0.05, 0) is 54.7 Å². The molecule has 0 bridgehead atoms. The Morgan fingerprint density at radius 3 is 2.20 bits per heavy atom. The number of likely N-dealkylation sites (N-methyl/N-ethyl adjacent to an activating group) is 1. The normalized spacial score (nSPS) is 14.4. The van der Waals surface area contributed by atoms with Crippen molar-refractivity contribution in [2.24, 2.45) is 0 Å². The Morgan fingerprint density at radius 1 is 0.960 bits per heavy atom. The first-order valence-corrected chi connectivity index (χ1v) is 8.97. The van der Waals surface area contributed by atoms with Crippen molar-refractivity contribution >= 4 is 11.6 Å². The first-order chi connectivity index (χ1) is 12.1. The molecule has 1 N–H and O–H groups in total. The van der Waals surface area contributed by atoms with Crippen LogP contribution in [0.2, 0.25) is 0 Å². The average Bonchev–Trinajstić information content (AvgIpc) is 2.65. The zero-order valence-electron chi connectivity index (χ0n) is 14.8. The number of phenols is 1. The second kappa shape index (κ2) is 8.06. The zero-order chi connectivity index (χ0) is 17.6. The van der Waals surface area contributed by atoms with Crippen molar-refractivity contribution in [1.29, 1.82) is 0 Å². The van der Waals surface area contributed by atoms with Crippen molar-refractivity contribution in [2.45, 2.75) is 32.2 Å². The maximum Gasteiger partial charge on any atom is 0.227 e. The molecule has 0 aromatic heterocycles. The molecule has 1 aliphatic heterocycles. The van der Waals surface area contributed by atoms with Crippen molar-refractivity contribution < 1.29 is 9.90 Å². The minimum Gasteiger partial charge on any atom is -0.508 e. The molecule has 1 aliphatic rings. The number of aromatic hydroxyl groups is 1. The lowest BCUT2D eigenvalue weighted by molar-refractivity contribution is -0.129. The van der Waals surface area contributed by atoms with Crippen molar-refractivity contribution in [2.75, 3.05) is 25.0 Å². The van der Waals surface area contributed by atoms with Crippen molar-refractivity contribution in [3.05, 3.63) is 59.7 Å². The molecule has 1 saturated heterocycles. The molecule has 132 valence electrons. The number of carbonyl (C=O) groups excluding carboxylic acids is 1. The molecule has 1 fully saturated rings. The molecular formula is C21H26N2O2. The molecule has 3 rings (SSSR count). The Balaban J connectivity index is 1.55. The predicted molar refractivity (Wildman–Crippen MR) is 101 cm³/mol. The highest BCUT2D eigenvalue weighted by Crippen LogP contribution is 2.20. The van der Waals surface area contributed by atoms with Gasteiger partial charge in [0.15, 0.2) is 0 Å². The van der Waals surface area contributed by atoms with Crippen LogP contribution in [-0.4, -0.2) is 36.1 Å². The lowest BCUT2D eigenvalue weighted by Crippen LogP contribution is -2.29. The minimum atomic E-state index is 0.0748. The second-order valence-electron chi connectivity index (χ2n) is 6.81. The number of phenolic OH excluding ortho intramolecular Hbond substituents is 1. The number of anilines is 1. The number of hydrogen-bond donors (Lipinski definition) is 1. The summed E-state index contributed by atoms with van der Waals surface area (Å²) in [6.45, 7) is 2.89. The van der Waals surface area contributed by atoms with Crippen LogP contribution >= 0.6 is 0 Å². The van der Waals surface area contributed by atoms with E-state index in [4.69, 9.17) is 0 Å². The highest BCUT2D eigenvalue weighted by Gasteiger charge is 2.12. The minimum absolute atomic E-state index is 0.0748. The van der Waals surface area contributed by atoms with Crippen LogP contribution in [0, 0.1) is 0 Å². The number of nitrogens with zero attached hydrogens (tertiary/aromatic N) is 2. The van der Waals surface area contributed by atoms with Crippen LogP contribution in [-0.2, 0) is 17.8 Å². The first kappa shape index (κ1) is 17.3. The molecule has 2 aromatic rings. The Hall–Kier alpha value is -2.49. The largest absolute Gasteiger partial charge is 0.508 e. The molecule has 1 heterocycles. The van der Waals surface area contributed by atoms with Gasteiger partial charge >= 0.3 is 0 Å². The first-order valence-electron chi connectivity index (χ1n) is 8.97. The third-order valence-corrected chi connectivity index (χ3v) is 4.79. The lowest BCUT2D eigenvalue weighted by atomic mass is 10.1. The molecular weight excluding hydrogens is 312 g/mol. The number of amides is 1. The smallest absolute Gasteiger partial charge is 0.227 e. The van der Waals surface area contributed by atoms with Gasteiger partial charge in [-0.2, -0.15) is 0 Å². The Bertz CT molecular complexity index is 689. The summed E-state index contributed by atoms with van der Waals surface area (Å²) in [7, 11) is 1.83. The van der Waals surface area contributed by atoms with Gasteiger partial charge in [0.2, 0.25) is 5.91 Å². The van der Waals surface area contributed by atoms with E-state index in [-0.39, 0.29) is 11.7 Å². The van der Waals surface area contributed by atoms with Crippen LogP contribution in [0.3, 0.4) is 0 Å². The van der Waals surface area contributed by atoms with E-state index in [2.05, 4.69) is 29.2 Å². The maximum absolute atomic E-state index is 12.4. The van der Waals surface area contributed by atoms with Gasteiger partial charge in [-0.3, -0.25) is 4.79 Å². The van der Waals surface area contributed by atoms with Gasteiger partial charge in [-0.15, -0.1) is 0 Å². The molecule has 1 amide bonds. The number of carbonyl (C=O) groups is 1. The number of hydrogen-bond acceptors (Lipinski definition) is 3. The van der Waals surface area contributed by atoms with Crippen LogP contribution in [0.1, 0.15) is 30.4 Å². The van der Waals surface area contributed by atoms with E-state index in [1.807, 2.05) is 7.05 Å². The van der Waals surface area contributed by atoms with Gasteiger partial charge < -0.3 is 14.9 Å². The van der Waals surface area contributed by atoms with E-state index >= 15 is 0 Å². The highest BCUT2D eigenvalue weighted by molar-refractivity contribution is 5.78. The quantitative estimate of drug-likeness (QED) is 0.906. The van der Waals surface area contributed by atoms with E-state index < -0.39 is 0 Å². The molecule has 25 heavy (non-hydrogen) atoms. The fourth-order valence-corrected chi connectivity index (χ4v) is 3.25. The maximum atomic E-state index is 12.4. The molecule has 0 spiro atoms. The predicted octanol–water partition coefficient (Wildman–Crippen LogP) is 3.58. The van der Waals surface area contributed by atoms with Gasteiger partial charge in [0.1, 0.15) is 5.75 Å². The van der Waals surface area contributed by atoms with Gasteiger partial charge in [-0.25, -0.2) is 0 Å². The standard InChI is InChI=1S/C21H26N2O2/c1-22(21(25)15-17-7-11-20(24)12-8-17)16-18-5-9-19(10-6-18)23-13-3-2-4-14-23/h5-12,24H,2-4,13-16H2,1H3. The fraction of sp³-hybridized carbons (Fsp3) is 0.381. The van der Waals surface area contributed by atoms with Crippen molar-refractivity contribution in [3.63, 3.8) is 0 Å². The molecule has 4 nitrogen and oxygen atoms in total. The summed E-state index contributed by atoms with van der Waals surface area (Å²) in [5.74, 6) is 0.296. The molecule has 2 aromatic carbocycles. The Labute approximate surface area is 149 Å². The zero-order valence-corrected chi connectivity index (χ0v) is 14.8. The second-order valence-corrected chi connectivity index (χ2v) is 6.81. The van der Waals surface area contributed by atoms with E-state index in [9.17, 15) is 9.90 Å². The summed E-state index contributed by atoms with van der Waals surface area (Å²) in [4.78, 5) is 16.6. The van der Waals surface area contributed by atoms with Gasteiger partial charge in [-0.1, -0.05) is 24.3 Å². The molecule has 0 atom stereocenters. The Kier molecular flexibility index (Phi) is 5.59. The summed E-state index contributed by atoms with van der Waals surface area (Å²) in [5, 5.41) is 9.31. The van der Waals surface area contributed by atoms with Gasteiger partial charge in [0.25, 0.3) is 0 Å². The number of rotatable bonds is 5. The van der Waals surface area contributed by atoms with Crippen LogP contribution in [0.4, 0.5) is 5.69 Å². The van der Waals surface area contributed by atoms with E-state index in [1.54, 1.807) is 29.2 Å². The number of benzene rings is 2. The molecule has 0 saturated carbocycles. The molecule has 4 heteroatoms. The van der Waals surface area contributed by atoms with Crippen LogP contribution in [0.15, 0.2) is 48.5 Å². The topological polar surface area (TPSA) is 43.8 Å². The fourth-order valence-electron chi connectivity index (χ4n) is 3.25. The molecule has 0 unspecified atom stereocenters. The van der Waals surface area contributed by atoms with Crippen LogP contribution < -0.4 is 4.90 Å². The van der Waals surface area contributed by atoms with E-state index in [1.165, 1.54) is 24.9 Å². The van der Waals surface area contributed by atoms with Crippen LogP contribution in [0.25, 0.3) is 0 Å². The third-order valence-electron chi connectivity index (χ3n) is 4.79. The third kappa shape index (κ3) is 4.75. The summed E-state index contributed by atoms with van der Waals surface area (Å²) < 4.78 is 0.